The lowest BCUT2D eigenvalue weighted by Crippen LogP contribution is -2.07. The molecule has 1 unspecified atom stereocenters. The largest absolute Gasteiger partial charge is 0.255 e. The second-order valence-electron chi connectivity index (χ2n) is 3.16. The molecular weight excluding hydrogens is 168 g/mol. The van der Waals surface area contributed by atoms with Crippen molar-refractivity contribution >= 4 is 22.4 Å². The van der Waals surface area contributed by atoms with E-state index in [2.05, 4.69) is 13.8 Å². The molecule has 0 saturated carbocycles. The van der Waals surface area contributed by atoms with Crippen LogP contribution in [0.1, 0.15) is 20.3 Å². The van der Waals surface area contributed by atoms with E-state index >= 15 is 0 Å². The Bertz CT molecular complexity index is 196. The lowest BCUT2D eigenvalue weighted by atomic mass is 9.91. The van der Waals surface area contributed by atoms with Gasteiger partial charge in [-0.05, 0) is 11.8 Å². The summed E-state index contributed by atoms with van der Waals surface area (Å²) in [6, 6.07) is 0. The fourth-order valence-corrected chi connectivity index (χ4v) is 3.41. The predicted molar refractivity (Wildman–Crippen MR) is 45.3 cm³/mol. The van der Waals surface area contributed by atoms with Crippen molar-refractivity contribution in [3.8, 4) is 0 Å². The van der Waals surface area contributed by atoms with Gasteiger partial charge in [-0.25, -0.2) is 0 Å². The van der Waals surface area contributed by atoms with E-state index in [0.29, 0.717) is 0 Å². The van der Waals surface area contributed by atoms with Gasteiger partial charge in [0.15, 0.2) is 0 Å². The van der Waals surface area contributed by atoms with E-state index < -0.39 is 10.8 Å². The average molecular weight is 179 g/mol. The van der Waals surface area contributed by atoms with Crippen LogP contribution in [-0.2, 0) is 10.8 Å². The van der Waals surface area contributed by atoms with Crippen LogP contribution < -0.4 is 0 Å². The summed E-state index contributed by atoms with van der Waals surface area (Å²) in [5.74, 6) is 0.769. The summed E-state index contributed by atoms with van der Waals surface area (Å²) < 4.78 is 11.2. The molecule has 58 valence electrons. The summed E-state index contributed by atoms with van der Waals surface area (Å²) in [6.07, 6.45) is 0.984. The van der Waals surface area contributed by atoms with Gasteiger partial charge in [0.1, 0.15) is 0 Å². The molecule has 1 saturated heterocycles. The van der Waals surface area contributed by atoms with Crippen LogP contribution in [0.5, 0.6) is 0 Å². The lowest BCUT2D eigenvalue weighted by Gasteiger charge is -2.16. The molecule has 0 aromatic heterocycles. The number of rotatable bonds is 0. The SMILES string of the molecule is CC1(C)CCS(=O)C1=CCl. The third kappa shape index (κ3) is 1.28. The van der Waals surface area contributed by atoms with E-state index in [4.69, 9.17) is 11.6 Å². The number of hydrogen-bond acceptors (Lipinski definition) is 1. The highest BCUT2D eigenvalue weighted by molar-refractivity contribution is 7.89. The normalized spacial score (nSPS) is 35.1. The van der Waals surface area contributed by atoms with Crippen molar-refractivity contribution in [3.63, 3.8) is 0 Å². The summed E-state index contributed by atoms with van der Waals surface area (Å²) >= 11 is 5.53. The molecule has 1 rings (SSSR count). The summed E-state index contributed by atoms with van der Waals surface area (Å²) in [6.45, 7) is 4.15. The van der Waals surface area contributed by atoms with Gasteiger partial charge >= 0.3 is 0 Å². The van der Waals surface area contributed by atoms with Gasteiger partial charge in [0, 0.05) is 16.2 Å². The van der Waals surface area contributed by atoms with Crippen LogP contribution in [0.3, 0.4) is 0 Å². The number of halogens is 1. The standard InChI is InChI=1S/C7H11ClOS/c1-7(2)3-4-10(9)6(7)5-8/h5H,3-4H2,1-2H3. The average Bonchev–Trinajstić information content (AvgIpc) is 2.07. The summed E-state index contributed by atoms with van der Waals surface area (Å²) in [4.78, 5) is 0.897. The van der Waals surface area contributed by atoms with Crippen LogP contribution in [0.4, 0.5) is 0 Å². The van der Waals surface area contributed by atoms with Crippen molar-refractivity contribution in [3.05, 3.63) is 10.4 Å². The van der Waals surface area contributed by atoms with Gasteiger partial charge in [-0.15, -0.1) is 0 Å². The highest BCUT2D eigenvalue weighted by Crippen LogP contribution is 2.39. The maximum atomic E-state index is 11.2. The van der Waals surface area contributed by atoms with Crippen LogP contribution >= 0.6 is 11.6 Å². The molecule has 0 aromatic carbocycles. The van der Waals surface area contributed by atoms with Crippen LogP contribution in [0.15, 0.2) is 10.4 Å². The second kappa shape index (κ2) is 2.67. The van der Waals surface area contributed by atoms with Crippen molar-refractivity contribution in [1.29, 1.82) is 0 Å². The zero-order chi connectivity index (χ0) is 7.78. The topological polar surface area (TPSA) is 17.1 Å². The molecule has 1 aliphatic heterocycles. The molecule has 0 bridgehead atoms. The third-order valence-corrected chi connectivity index (χ3v) is 4.01. The second-order valence-corrected chi connectivity index (χ2v) is 4.91. The van der Waals surface area contributed by atoms with Crippen molar-refractivity contribution in [1.82, 2.24) is 0 Å². The summed E-state index contributed by atoms with van der Waals surface area (Å²) in [5.41, 5.74) is 1.54. The van der Waals surface area contributed by atoms with Crippen LogP contribution in [-0.4, -0.2) is 9.96 Å². The molecule has 1 aliphatic rings. The molecule has 0 spiro atoms. The van der Waals surface area contributed by atoms with Crippen LogP contribution in [0, 0.1) is 5.41 Å². The highest BCUT2D eigenvalue weighted by Gasteiger charge is 2.34. The molecule has 3 heteroatoms. The first-order valence-corrected chi connectivity index (χ1v) is 5.03. The molecule has 10 heavy (non-hydrogen) atoms. The van der Waals surface area contributed by atoms with Crippen LogP contribution in [0.2, 0.25) is 0 Å². The van der Waals surface area contributed by atoms with Gasteiger partial charge in [0.2, 0.25) is 0 Å². The van der Waals surface area contributed by atoms with Crippen molar-refractivity contribution in [2.45, 2.75) is 20.3 Å². The first-order valence-electron chi connectivity index (χ1n) is 3.27. The van der Waals surface area contributed by atoms with Gasteiger partial charge in [0.05, 0.1) is 10.8 Å². The van der Waals surface area contributed by atoms with Gasteiger partial charge < -0.3 is 0 Å². The summed E-state index contributed by atoms with van der Waals surface area (Å²) in [5, 5.41) is 0. The van der Waals surface area contributed by atoms with Gasteiger partial charge in [-0.1, -0.05) is 25.4 Å². The third-order valence-electron chi connectivity index (χ3n) is 1.92. The number of hydrogen-bond donors (Lipinski definition) is 0. The highest BCUT2D eigenvalue weighted by atomic mass is 35.5. The maximum Gasteiger partial charge on any atom is 0.0503 e. The zero-order valence-electron chi connectivity index (χ0n) is 6.19. The van der Waals surface area contributed by atoms with E-state index in [-0.39, 0.29) is 5.41 Å². The molecule has 0 amide bonds. The Morgan fingerprint density at radius 2 is 2.30 bits per heavy atom. The molecule has 0 aromatic rings. The van der Waals surface area contributed by atoms with Gasteiger partial charge in [-0.2, -0.15) is 0 Å². The zero-order valence-corrected chi connectivity index (χ0v) is 7.76. The maximum absolute atomic E-state index is 11.2. The van der Waals surface area contributed by atoms with Crippen molar-refractivity contribution < 1.29 is 4.21 Å². The van der Waals surface area contributed by atoms with Crippen molar-refractivity contribution in [2.24, 2.45) is 5.41 Å². The van der Waals surface area contributed by atoms with E-state index in [1.165, 1.54) is 5.54 Å². The molecular formula is C7H11ClOS. The fraction of sp³-hybridized carbons (Fsp3) is 0.714. The van der Waals surface area contributed by atoms with E-state index in [1.807, 2.05) is 0 Å². The van der Waals surface area contributed by atoms with Crippen LogP contribution in [0.25, 0.3) is 0 Å². The smallest absolute Gasteiger partial charge is 0.0503 e. The predicted octanol–water partition coefficient (Wildman–Crippen LogP) is 2.25. The van der Waals surface area contributed by atoms with E-state index in [9.17, 15) is 4.21 Å². The van der Waals surface area contributed by atoms with E-state index in [1.54, 1.807) is 0 Å². The molecule has 1 atom stereocenters. The molecule has 1 nitrogen and oxygen atoms in total. The first kappa shape index (κ1) is 8.28. The van der Waals surface area contributed by atoms with Crippen molar-refractivity contribution in [2.75, 3.05) is 5.75 Å². The van der Waals surface area contributed by atoms with E-state index in [0.717, 1.165) is 17.1 Å². The Kier molecular flexibility index (Phi) is 2.21. The minimum absolute atomic E-state index is 0.0621. The molecule has 1 heterocycles. The molecule has 1 fully saturated rings. The Balaban J connectivity index is 2.95. The molecule has 0 aliphatic carbocycles. The Morgan fingerprint density at radius 1 is 1.70 bits per heavy atom. The van der Waals surface area contributed by atoms with Gasteiger partial charge in [0.25, 0.3) is 0 Å². The van der Waals surface area contributed by atoms with Gasteiger partial charge in [-0.3, -0.25) is 4.21 Å². The Morgan fingerprint density at radius 3 is 2.50 bits per heavy atom. The minimum atomic E-state index is -0.801. The Hall–Kier alpha value is 0.180. The quantitative estimate of drug-likeness (QED) is 0.556. The fourth-order valence-electron chi connectivity index (χ4n) is 1.09. The monoisotopic (exact) mass is 178 g/mol. The molecule has 0 radical (unpaired) electrons. The lowest BCUT2D eigenvalue weighted by molar-refractivity contribution is 0.472. The Labute approximate surface area is 68.9 Å². The first-order chi connectivity index (χ1) is 4.58. The molecule has 0 N–H and O–H groups in total. The minimum Gasteiger partial charge on any atom is -0.255 e. The number of allylic oxidation sites excluding steroid dienone is 1. The summed E-state index contributed by atoms with van der Waals surface area (Å²) in [7, 11) is -0.801.